The van der Waals surface area contributed by atoms with Gasteiger partial charge in [-0.1, -0.05) is 13.8 Å². The molecular formula is C17H23N3O4. The van der Waals surface area contributed by atoms with Crippen molar-refractivity contribution in [3.05, 3.63) is 30.1 Å². The summed E-state index contributed by atoms with van der Waals surface area (Å²) in [5.74, 6) is 0.0260. The van der Waals surface area contributed by atoms with Crippen LogP contribution >= 0.6 is 0 Å². The molecule has 1 saturated heterocycles. The van der Waals surface area contributed by atoms with E-state index in [1.807, 2.05) is 13.8 Å². The van der Waals surface area contributed by atoms with Gasteiger partial charge in [0.05, 0.1) is 36.6 Å². The van der Waals surface area contributed by atoms with E-state index < -0.39 is 18.2 Å². The van der Waals surface area contributed by atoms with Crippen LogP contribution in [0, 0.1) is 5.92 Å². The lowest BCUT2D eigenvalue weighted by molar-refractivity contribution is -0.126. The molecule has 3 atom stereocenters. The molecule has 3 rings (SSSR count). The molecule has 2 heterocycles. The summed E-state index contributed by atoms with van der Waals surface area (Å²) < 4.78 is 5.35. The van der Waals surface area contributed by atoms with Crippen LogP contribution in [0.4, 0.5) is 0 Å². The highest BCUT2D eigenvalue weighted by Gasteiger charge is 2.38. The number of H-pyrrole nitrogens is 1. The number of aliphatic hydroxyl groups excluding tert-OH is 2. The number of rotatable bonds is 4. The van der Waals surface area contributed by atoms with Gasteiger partial charge in [0.25, 0.3) is 5.91 Å². The highest BCUT2D eigenvalue weighted by molar-refractivity contribution is 5.97. The second kappa shape index (κ2) is 6.88. The van der Waals surface area contributed by atoms with Gasteiger partial charge in [0, 0.05) is 12.1 Å². The van der Waals surface area contributed by atoms with E-state index in [0.717, 1.165) is 11.0 Å². The topological polar surface area (TPSA) is 98.7 Å². The fourth-order valence-electron chi connectivity index (χ4n) is 3.03. The van der Waals surface area contributed by atoms with Crippen molar-refractivity contribution < 1.29 is 19.7 Å². The first kappa shape index (κ1) is 16.9. The second-order valence-corrected chi connectivity index (χ2v) is 6.65. The average Bonchev–Trinajstić information content (AvgIpc) is 3.02. The van der Waals surface area contributed by atoms with E-state index in [1.165, 1.54) is 0 Å². The number of aromatic amines is 1. The second-order valence-electron chi connectivity index (χ2n) is 6.65. The zero-order valence-electron chi connectivity index (χ0n) is 13.8. The summed E-state index contributed by atoms with van der Waals surface area (Å²) in [5.41, 5.74) is 2.09. The van der Waals surface area contributed by atoms with Gasteiger partial charge < -0.3 is 24.8 Å². The smallest absolute Gasteiger partial charge is 0.254 e. The molecular weight excluding hydrogens is 310 g/mol. The van der Waals surface area contributed by atoms with Crippen molar-refractivity contribution in [1.29, 1.82) is 0 Å². The molecule has 1 aromatic carbocycles. The Morgan fingerprint density at radius 2 is 2.21 bits per heavy atom. The molecule has 2 aromatic rings. The molecule has 7 nitrogen and oxygen atoms in total. The normalized spacial score (nSPS) is 24.5. The van der Waals surface area contributed by atoms with Crippen LogP contribution in [0.15, 0.2) is 24.5 Å². The summed E-state index contributed by atoms with van der Waals surface area (Å²) in [6.07, 6.45) is -0.418. The number of hydrogen-bond acceptors (Lipinski definition) is 5. The van der Waals surface area contributed by atoms with Crippen molar-refractivity contribution >= 4 is 16.9 Å². The molecule has 3 N–H and O–H groups in total. The third-order valence-electron chi connectivity index (χ3n) is 4.26. The number of imidazole rings is 1. The Morgan fingerprint density at radius 3 is 2.96 bits per heavy atom. The predicted octanol–water partition coefficient (Wildman–Crippen LogP) is 0.782. The molecule has 1 amide bonds. The lowest BCUT2D eigenvalue weighted by atomic mass is 9.99. The van der Waals surface area contributed by atoms with E-state index in [-0.39, 0.29) is 25.0 Å². The van der Waals surface area contributed by atoms with Crippen molar-refractivity contribution in [2.75, 3.05) is 19.8 Å². The van der Waals surface area contributed by atoms with Gasteiger partial charge in [-0.05, 0) is 24.1 Å². The van der Waals surface area contributed by atoms with Gasteiger partial charge in [0.1, 0.15) is 12.2 Å². The Bertz CT molecular complexity index is 715. The summed E-state index contributed by atoms with van der Waals surface area (Å²) in [4.78, 5) is 21.8. The Balaban J connectivity index is 1.90. The number of nitrogens with one attached hydrogen (secondary N) is 1. The van der Waals surface area contributed by atoms with Gasteiger partial charge >= 0.3 is 0 Å². The molecule has 0 saturated carbocycles. The molecule has 0 spiro atoms. The fraction of sp³-hybridized carbons (Fsp3) is 0.529. The van der Waals surface area contributed by atoms with Gasteiger partial charge in [-0.25, -0.2) is 4.98 Å². The largest absolute Gasteiger partial charge is 0.388 e. The average molecular weight is 333 g/mol. The molecule has 7 heteroatoms. The minimum Gasteiger partial charge on any atom is -0.388 e. The van der Waals surface area contributed by atoms with E-state index in [9.17, 15) is 15.0 Å². The third kappa shape index (κ3) is 3.28. The molecule has 130 valence electrons. The predicted molar refractivity (Wildman–Crippen MR) is 88.6 cm³/mol. The number of aromatic nitrogens is 2. The van der Waals surface area contributed by atoms with Gasteiger partial charge in [-0.2, -0.15) is 0 Å². The summed E-state index contributed by atoms with van der Waals surface area (Å²) in [7, 11) is 0. The molecule has 1 aliphatic heterocycles. The molecule has 1 aromatic heterocycles. The van der Waals surface area contributed by atoms with Gasteiger partial charge in [0.15, 0.2) is 0 Å². The molecule has 0 aliphatic carbocycles. The maximum Gasteiger partial charge on any atom is 0.254 e. The fourth-order valence-corrected chi connectivity index (χ4v) is 3.03. The molecule has 0 bridgehead atoms. The first-order chi connectivity index (χ1) is 11.5. The Labute approximate surface area is 140 Å². The Hall–Kier alpha value is -1.96. The molecule has 0 radical (unpaired) electrons. The maximum atomic E-state index is 13.0. The number of amides is 1. The number of nitrogens with zero attached hydrogens (tertiary/aromatic N) is 2. The Morgan fingerprint density at radius 1 is 1.42 bits per heavy atom. The van der Waals surface area contributed by atoms with Crippen LogP contribution in [0.3, 0.4) is 0 Å². The molecule has 0 unspecified atom stereocenters. The standard InChI is InChI=1S/C17H23N3O4/c1-10(2)6-20(14-7-24-8-15(21)16(14)22)17(23)11-3-4-12-13(5-11)19-9-18-12/h3-5,9-10,14-16,21-22H,6-8H2,1-2H3,(H,18,19)/t14-,15-,16+/m1/s1. The number of carbonyl (C=O) groups is 1. The van der Waals surface area contributed by atoms with Gasteiger partial charge in [-0.15, -0.1) is 0 Å². The highest BCUT2D eigenvalue weighted by atomic mass is 16.5. The van der Waals surface area contributed by atoms with Crippen molar-refractivity contribution in [2.45, 2.75) is 32.1 Å². The van der Waals surface area contributed by atoms with Crippen molar-refractivity contribution in [1.82, 2.24) is 14.9 Å². The van der Waals surface area contributed by atoms with Crippen molar-refractivity contribution in [3.8, 4) is 0 Å². The number of hydrogen-bond donors (Lipinski definition) is 3. The summed E-state index contributed by atoms with van der Waals surface area (Å²) in [6, 6.07) is 4.70. The van der Waals surface area contributed by atoms with E-state index in [1.54, 1.807) is 29.4 Å². The zero-order chi connectivity index (χ0) is 17.3. The van der Waals surface area contributed by atoms with E-state index >= 15 is 0 Å². The van der Waals surface area contributed by atoms with Crippen molar-refractivity contribution in [2.24, 2.45) is 5.92 Å². The first-order valence-corrected chi connectivity index (χ1v) is 8.15. The lowest BCUT2D eigenvalue weighted by Gasteiger charge is -2.40. The minimum absolute atomic E-state index is 0.0848. The van der Waals surface area contributed by atoms with Crippen LogP contribution in [0.25, 0.3) is 11.0 Å². The van der Waals surface area contributed by atoms with Crippen LogP contribution in [-0.2, 0) is 4.74 Å². The summed E-state index contributed by atoms with van der Waals surface area (Å²) in [6.45, 7) is 4.78. The maximum absolute atomic E-state index is 13.0. The van der Waals surface area contributed by atoms with Crippen LogP contribution in [0.1, 0.15) is 24.2 Å². The number of aliphatic hydroxyl groups is 2. The molecule has 1 aliphatic rings. The first-order valence-electron chi connectivity index (χ1n) is 8.15. The highest BCUT2D eigenvalue weighted by Crippen LogP contribution is 2.21. The number of fused-ring (bicyclic) bond motifs is 1. The van der Waals surface area contributed by atoms with E-state index in [0.29, 0.717) is 12.1 Å². The quantitative estimate of drug-likeness (QED) is 0.768. The van der Waals surface area contributed by atoms with Crippen LogP contribution in [0.5, 0.6) is 0 Å². The van der Waals surface area contributed by atoms with Crippen LogP contribution in [0.2, 0.25) is 0 Å². The number of ether oxygens (including phenoxy) is 1. The molecule has 24 heavy (non-hydrogen) atoms. The number of benzene rings is 1. The van der Waals surface area contributed by atoms with Gasteiger partial charge in [-0.3, -0.25) is 4.79 Å². The van der Waals surface area contributed by atoms with Crippen molar-refractivity contribution in [3.63, 3.8) is 0 Å². The van der Waals surface area contributed by atoms with E-state index in [4.69, 9.17) is 4.74 Å². The van der Waals surface area contributed by atoms with E-state index in [2.05, 4.69) is 9.97 Å². The monoisotopic (exact) mass is 333 g/mol. The molecule has 1 fully saturated rings. The summed E-state index contributed by atoms with van der Waals surface area (Å²) in [5, 5.41) is 20.2. The summed E-state index contributed by atoms with van der Waals surface area (Å²) >= 11 is 0. The third-order valence-corrected chi connectivity index (χ3v) is 4.26. The van der Waals surface area contributed by atoms with Crippen LogP contribution in [-0.4, -0.2) is 69.0 Å². The SMILES string of the molecule is CC(C)CN(C(=O)c1ccc2nc[nH]c2c1)[C@@H]1COC[C@@H](O)[C@H]1O. The lowest BCUT2D eigenvalue weighted by Crippen LogP contribution is -2.58. The Kier molecular flexibility index (Phi) is 4.84. The zero-order valence-corrected chi connectivity index (χ0v) is 13.8. The minimum atomic E-state index is -1.02. The van der Waals surface area contributed by atoms with Crippen LogP contribution < -0.4 is 0 Å². The van der Waals surface area contributed by atoms with Gasteiger partial charge in [0.2, 0.25) is 0 Å². The number of carbonyl (C=O) groups excluding carboxylic acids is 1.